The highest BCUT2D eigenvalue weighted by atomic mass is 79.9. The van der Waals surface area contributed by atoms with E-state index < -0.39 is 12.6 Å². The molecule has 0 unspecified atom stereocenters. The van der Waals surface area contributed by atoms with Crippen molar-refractivity contribution in [3.63, 3.8) is 0 Å². The molecule has 0 saturated heterocycles. The zero-order valence-electron chi connectivity index (χ0n) is 11.9. The maximum absolute atomic E-state index is 12.4. The Hall–Kier alpha value is -1.86. The van der Waals surface area contributed by atoms with E-state index in [4.69, 9.17) is 11.6 Å². The number of hydrogen-bond donors (Lipinski definition) is 2. The minimum absolute atomic E-state index is 0.114. The molecule has 0 aromatic heterocycles. The molecule has 0 spiro atoms. The Morgan fingerprint density at radius 3 is 2.48 bits per heavy atom. The molecule has 2 rings (SSSR count). The van der Waals surface area contributed by atoms with Crippen LogP contribution in [0.1, 0.15) is 5.56 Å². The molecule has 0 heterocycles. The summed E-state index contributed by atoms with van der Waals surface area (Å²) in [4.78, 5) is 12.0. The first-order valence-electron chi connectivity index (χ1n) is 6.43. The van der Waals surface area contributed by atoms with E-state index in [9.17, 15) is 13.6 Å². The zero-order valence-corrected chi connectivity index (χ0v) is 14.2. The molecule has 0 fully saturated rings. The standard InChI is InChI=1S/C15H12BrClF2N2O2/c1-8-2-4-12(13(6-8)23-14(18)19)21-15(22)20-11-5-3-9(16)7-10(11)17/h2-7,14H,1H3,(H2,20,21,22). The Bertz CT molecular complexity index is 729. The first-order valence-corrected chi connectivity index (χ1v) is 7.61. The highest BCUT2D eigenvalue weighted by molar-refractivity contribution is 9.10. The van der Waals surface area contributed by atoms with Gasteiger partial charge in [0.05, 0.1) is 16.4 Å². The van der Waals surface area contributed by atoms with Crippen LogP contribution in [-0.2, 0) is 0 Å². The zero-order chi connectivity index (χ0) is 17.0. The van der Waals surface area contributed by atoms with Gasteiger partial charge >= 0.3 is 12.6 Å². The lowest BCUT2D eigenvalue weighted by atomic mass is 10.2. The van der Waals surface area contributed by atoms with Crippen molar-refractivity contribution in [2.45, 2.75) is 13.5 Å². The molecule has 0 aliphatic heterocycles. The Kier molecular flexibility index (Phi) is 5.79. The van der Waals surface area contributed by atoms with Crippen LogP contribution in [-0.4, -0.2) is 12.6 Å². The predicted molar refractivity (Wildman–Crippen MR) is 89.6 cm³/mol. The smallest absolute Gasteiger partial charge is 0.387 e. The summed E-state index contributed by atoms with van der Waals surface area (Å²) < 4.78 is 30.0. The molecule has 0 radical (unpaired) electrons. The number of carbonyl (C=O) groups is 1. The summed E-state index contributed by atoms with van der Waals surface area (Å²) >= 11 is 9.26. The van der Waals surface area contributed by atoms with E-state index in [0.717, 1.165) is 10.0 Å². The highest BCUT2D eigenvalue weighted by Gasteiger charge is 2.13. The topological polar surface area (TPSA) is 50.4 Å². The average Bonchev–Trinajstić information content (AvgIpc) is 2.44. The van der Waals surface area contributed by atoms with E-state index in [1.165, 1.54) is 12.1 Å². The van der Waals surface area contributed by atoms with E-state index >= 15 is 0 Å². The summed E-state index contributed by atoms with van der Waals surface area (Å²) in [5, 5.41) is 5.33. The Balaban J connectivity index is 2.13. The van der Waals surface area contributed by atoms with Gasteiger partial charge in [-0.1, -0.05) is 33.6 Å². The SMILES string of the molecule is Cc1ccc(NC(=O)Nc2ccc(Br)cc2Cl)c(OC(F)F)c1. The van der Waals surface area contributed by atoms with Crippen LogP contribution < -0.4 is 15.4 Å². The largest absolute Gasteiger partial charge is 0.433 e. The molecule has 2 amide bonds. The van der Waals surface area contributed by atoms with Crippen molar-refractivity contribution in [2.24, 2.45) is 0 Å². The molecular weight excluding hydrogens is 394 g/mol. The van der Waals surface area contributed by atoms with Crippen LogP contribution in [0, 0.1) is 6.92 Å². The molecule has 122 valence electrons. The van der Waals surface area contributed by atoms with Crippen LogP contribution in [0.3, 0.4) is 0 Å². The molecular formula is C15H12BrClF2N2O2. The van der Waals surface area contributed by atoms with Crippen LogP contribution in [0.5, 0.6) is 5.75 Å². The first kappa shape index (κ1) is 17.5. The second kappa shape index (κ2) is 7.61. The summed E-state index contributed by atoms with van der Waals surface area (Å²) in [7, 11) is 0. The van der Waals surface area contributed by atoms with E-state index in [1.54, 1.807) is 31.2 Å². The van der Waals surface area contributed by atoms with Gasteiger partial charge in [0.25, 0.3) is 0 Å². The molecule has 0 aliphatic rings. The van der Waals surface area contributed by atoms with Crippen molar-refractivity contribution in [2.75, 3.05) is 10.6 Å². The molecule has 0 atom stereocenters. The monoisotopic (exact) mass is 404 g/mol. The maximum Gasteiger partial charge on any atom is 0.387 e. The summed E-state index contributed by atoms with van der Waals surface area (Å²) in [6.45, 7) is -1.26. The third-order valence-corrected chi connectivity index (χ3v) is 3.59. The lowest BCUT2D eigenvalue weighted by Crippen LogP contribution is -2.20. The lowest BCUT2D eigenvalue weighted by Gasteiger charge is -2.14. The van der Waals surface area contributed by atoms with Gasteiger partial charge in [0.15, 0.2) is 0 Å². The lowest BCUT2D eigenvalue weighted by molar-refractivity contribution is -0.0493. The predicted octanol–water partition coefficient (Wildman–Crippen LogP) is 5.66. The van der Waals surface area contributed by atoms with Crippen molar-refractivity contribution in [1.82, 2.24) is 0 Å². The quantitative estimate of drug-likeness (QED) is 0.690. The summed E-state index contributed by atoms with van der Waals surface area (Å²) in [5.41, 5.74) is 1.24. The molecule has 0 aliphatic carbocycles. The number of nitrogens with one attached hydrogen (secondary N) is 2. The number of anilines is 2. The summed E-state index contributed by atoms with van der Waals surface area (Å²) in [6, 6.07) is 8.87. The molecule has 8 heteroatoms. The highest BCUT2D eigenvalue weighted by Crippen LogP contribution is 2.29. The van der Waals surface area contributed by atoms with Gasteiger partial charge in [-0.2, -0.15) is 8.78 Å². The third-order valence-electron chi connectivity index (χ3n) is 2.78. The van der Waals surface area contributed by atoms with E-state index in [0.29, 0.717) is 10.7 Å². The normalized spacial score (nSPS) is 10.5. The molecule has 0 saturated carbocycles. The van der Waals surface area contributed by atoms with Gasteiger partial charge in [-0.25, -0.2) is 4.79 Å². The first-order chi connectivity index (χ1) is 10.8. The number of aryl methyl sites for hydroxylation is 1. The summed E-state index contributed by atoms with van der Waals surface area (Å²) in [5.74, 6) is -0.114. The minimum Gasteiger partial charge on any atom is -0.433 e. The number of benzene rings is 2. The fourth-order valence-electron chi connectivity index (χ4n) is 1.79. The molecule has 4 nitrogen and oxygen atoms in total. The number of hydrogen-bond acceptors (Lipinski definition) is 2. The van der Waals surface area contributed by atoms with Gasteiger partial charge in [0, 0.05) is 4.47 Å². The third kappa shape index (κ3) is 5.07. The Morgan fingerprint density at radius 2 is 1.83 bits per heavy atom. The fourth-order valence-corrected chi connectivity index (χ4v) is 2.51. The number of carbonyl (C=O) groups excluding carboxylic acids is 1. The van der Waals surface area contributed by atoms with Gasteiger partial charge in [-0.15, -0.1) is 0 Å². The molecule has 2 aromatic rings. The number of rotatable bonds is 4. The van der Waals surface area contributed by atoms with Gasteiger partial charge in [-0.05, 0) is 42.8 Å². The number of ether oxygens (including phenoxy) is 1. The number of alkyl halides is 2. The van der Waals surface area contributed by atoms with Crippen molar-refractivity contribution in [3.05, 3.63) is 51.5 Å². The van der Waals surface area contributed by atoms with Crippen LogP contribution in [0.15, 0.2) is 40.9 Å². The Labute approximate surface area is 144 Å². The van der Waals surface area contributed by atoms with E-state index in [1.807, 2.05) is 0 Å². The molecule has 0 bridgehead atoms. The van der Waals surface area contributed by atoms with Crippen molar-refractivity contribution in [1.29, 1.82) is 0 Å². The average molecular weight is 406 g/mol. The van der Waals surface area contributed by atoms with Crippen LogP contribution >= 0.6 is 27.5 Å². The van der Waals surface area contributed by atoms with E-state index in [-0.39, 0.29) is 11.4 Å². The molecule has 2 N–H and O–H groups in total. The van der Waals surface area contributed by atoms with Gasteiger partial charge in [-0.3, -0.25) is 0 Å². The fraction of sp³-hybridized carbons (Fsp3) is 0.133. The van der Waals surface area contributed by atoms with Crippen LogP contribution in [0.25, 0.3) is 0 Å². The molecule has 2 aromatic carbocycles. The number of halogens is 4. The second-order valence-electron chi connectivity index (χ2n) is 4.58. The maximum atomic E-state index is 12.4. The molecule has 23 heavy (non-hydrogen) atoms. The van der Waals surface area contributed by atoms with Crippen molar-refractivity contribution >= 4 is 44.9 Å². The van der Waals surface area contributed by atoms with Gasteiger partial charge in [0.2, 0.25) is 0 Å². The summed E-state index contributed by atoms with van der Waals surface area (Å²) in [6.07, 6.45) is 0. The van der Waals surface area contributed by atoms with Crippen molar-refractivity contribution in [3.8, 4) is 5.75 Å². The Morgan fingerprint density at radius 1 is 1.17 bits per heavy atom. The van der Waals surface area contributed by atoms with Crippen LogP contribution in [0.2, 0.25) is 5.02 Å². The van der Waals surface area contributed by atoms with Crippen molar-refractivity contribution < 1.29 is 18.3 Å². The minimum atomic E-state index is -2.98. The number of urea groups is 1. The van der Waals surface area contributed by atoms with Crippen LogP contribution in [0.4, 0.5) is 25.0 Å². The van der Waals surface area contributed by atoms with E-state index in [2.05, 4.69) is 31.3 Å². The number of amides is 2. The van der Waals surface area contributed by atoms with Gasteiger partial charge < -0.3 is 15.4 Å². The van der Waals surface area contributed by atoms with Gasteiger partial charge in [0.1, 0.15) is 5.75 Å². The second-order valence-corrected chi connectivity index (χ2v) is 5.90.